The van der Waals surface area contributed by atoms with Gasteiger partial charge < -0.3 is 10.1 Å². The third-order valence-corrected chi connectivity index (χ3v) is 3.02. The van der Waals surface area contributed by atoms with Crippen LogP contribution in [0.5, 0.6) is 0 Å². The monoisotopic (exact) mass is 251 g/mol. The maximum absolute atomic E-state index is 12.9. The molecule has 1 heterocycles. The van der Waals surface area contributed by atoms with Gasteiger partial charge in [0.1, 0.15) is 11.7 Å². The van der Waals surface area contributed by atoms with E-state index in [9.17, 15) is 14.0 Å². The van der Waals surface area contributed by atoms with Crippen molar-refractivity contribution in [2.75, 3.05) is 13.2 Å². The third kappa shape index (κ3) is 2.34. The van der Waals surface area contributed by atoms with E-state index in [1.807, 2.05) is 0 Å². The van der Waals surface area contributed by atoms with Crippen LogP contribution < -0.4 is 5.32 Å². The van der Waals surface area contributed by atoms with Crippen LogP contribution in [-0.4, -0.2) is 25.0 Å². The minimum Gasteiger partial charge on any atom is -0.465 e. The molecule has 5 heteroatoms. The second-order valence-corrected chi connectivity index (χ2v) is 4.13. The Bertz CT molecular complexity index is 458. The topological polar surface area (TPSA) is 55.4 Å². The maximum Gasteiger partial charge on any atom is 0.319 e. The molecule has 1 amide bonds. The first-order valence-corrected chi connectivity index (χ1v) is 5.83. The molecule has 0 spiro atoms. The van der Waals surface area contributed by atoms with Gasteiger partial charge in [-0.3, -0.25) is 9.59 Å². The van der Waals surface area contributed by atoms with Crippen LogP contribution in [0.4, 0.5) is 4.39 Å². The van der Waals surface area contributed by atoms with E-state index < -0.39 is 11.9 Å². The molecule has 1 aromatic carbocycles. The minimum atomic E-state index is -0.838. The Hall–Kier alpha value is -1.91. The van der Waals surface area contributed by atoms with Gasteiger partial charge in [0.05, 0.1) is 6.61 Å². The van der Waals surface area contributed by atoms with E-state index in [1.165, 1.54) is 12.1 Å². The largest absolute Gasteiger partial charge is 0.465 e. The Kier molecular flexibility index (Phi) is 3.60. The van der Waals surface area contributed by atoms with Crippen molar-refractivity contribution in [3.05, 3.63) is 35.6 Å². The lowest BCUT2D eigenvalue weighted by Gasteiger charge is -2.15. The lowest BCUT2D eigenvalue weighted by atomic mass is 9.88. The molecular weight excluding hydrogens is 237 g/mol. The lowest BCUT2D eigenvalue weighted by molar-refractivity contribution is -0.151. The summed E-state index contributed by atoms with van der Waals surface area (Å²) in [5.41, 5.74) is 0.757. The van der Waals surface area contributed by atoms with Crippen LogP contribution >= 0.6 is 0 Å². The van der Waals surface area contributed by atoms with Gasteiger partial charge in [-0.15, -0.1) is 0 Å². The van der Waals surface area contributed by atoms with Gasteiger partial charge in [-0.25, -0.2) is 4.39 Å². The van der Waals surface area contributed by atoms with Crippen LogP contribution in [0.25, 0.3) is 0 Å². The van der Waals surface area contributed by atoms with Gasteiger partial charge in [-0.05, 0) is 24.6 Å². The van der Waals surface area contributed by atoms with Crippen molar-refractivity contribution in [3.63, 3.8) is 0 Å². The highest BCUT2D eigenvalue weighted by Crippen LogP contribution is 2.30. The predicted molar refractivity (Wildman–Crippen MR) is 62.3 cm³/mol. The number of carbonyl (C=O) groups is 2. The molecule has 4 nitrogen and oxygen atoms in total. The highest BCUT2D eigenvalue weighted by Gasteiger charge is 2.41. The Morgan fingerprint density at radius 2 is 2.11 bits per heavy atom. The lowest BCUT2D eigenvalue weighted by Crippen LogP contribution is -2.28. The van der Waals surface area contributed by atoms with Crippen LogP contribution in [0.3, 0.4) is 0 Å². The summed E-state index contributed by atoms with van der Waals surface area (Å²) >= 11 is 0. The minimum absolute atomic E-state index is 0.235. The molecule has 0 bridgehead atoms. The van der Waals surface area contributed by atoms with Crippen LogP contribution in [0, 0.1) is 11.7 Å². The molecule has 0 aliphatic carbocycles. The van der Waals surface area contributed by atoms with Gasteiger partial charge >= 0.3 is 5.97 Å². The van der Waals surface area contributed by atoms with Crippen molar-refractivity contribution >= 4 is 11.9 Å². The number of benzene rings is 1. The molecule has 1 aliphatic heterocycles. The van der Waals surface area contributed by atoms with E-state index in [2.05, 4.69) is 5.32 Å². The van der Waals surface area contributed by atoms with Crippen molar-refractivity contribution in [2.24, 2.45) is 5.92 Å². The van der Waals surface area contributed by atoms with Crippen LogP contribution in [0.15, 0.2) is 24.3 Å². The molecule has 2 rings (SSSR count). The summed E-state index contributed by atoms with van der Waals surface area (Å²) in [6.45, 7) is 2.30. The molecule has 1 N–H and O–H groups in total. The Morgan fingerprint density at radius 1 is 1.44 bits per heavy atom. The smallest absolute Gasteiger partial charge is 0.319 e. The number of hydrogen-bond donors (Lipinski definition) is 1. The fourth-order valence-electron chi connectivity index (χ4n) is 2.14. The van der Waals surface area contributed by atoms with E-state index in [1.54, 1.807) is 19.1 Å². The molecule has 18 heavy (non-hydrogen) atoms. The Labute approximate surface area is 104 Å². The molecule has 0 saturated carbocycles. The molecule has 0 radical (unpaired) electrons. The summed E-state index contributed by atoms with van der Waals surface area (Å²) in [7, 11) is 0. The molecule has 1 aliphatic rings. The number of nitrogens with one attached hydrogen (secondary N) is 1. The first-order chi connectivity index (χ1) is 8.63. The van der Waals surface area contributed by atoms with Gasteiger partial charge in [0.25, 0.3) is 0 Å². The predicted octanol–water partition coefficient (Wildman–Crippen LogP) is 1.22. The first-order valence-electron chi connectivity index (χ1n) is 5.83. The fraction of sp³-hybridized carbons (Fsp3) is 0.385. The van der Waals surface area contributed by atoms with E-state index in [-0.39, 0.29) is 24.2 Å². The normalized spacial score (nSPS) is 22.7. The zero-order valence-corrected chi connectivity index (χ0v) is 9.98. The number of halogens is 1. The van der Waals surface area contributed by atoms with E-state index in [0.717, 1.165) is 5.56 Å². The van der Waals surface area contributed by atoms with Crippen molar-refractivity contribution in [1.29, 1.82) is 0 Å². The SMILES string of the molecule is CCOC(=O)C1C(=O)NCC1c1ccc(F)cc1. The zero-order valence-electron chi connectivity index (χ0n) is 9.98. The first kappa shape index (κ1) is 12.5. The van der Waals surface area contributed by atoms with Gasteiger partial charge in [0, 0.05) is 12.5 Å². The summed E-state index contributed by atoms with van der Waals surface area (Å²) in [5, 5.41) is 2.64. The molecule has 2 atom stereocenters. The standard InChI is InChI=1S/C13H14FNO3/c1-2-18-13(17)11-10(7-15-12(11)16)8-3-5-9(14)6-4-8/h3-6,10-11H,2,7H2,1H3,(H,15,16). The summed E-state index contributed by atoms with van der Waals surface area (Å²) < 4.78 is 17.8. The highest BCUT2D eigenvalue weighted by atomic mass is 19.1. The molecule has 2 unspecified atom stereocenters. The summed E-state index contributed by atoms with van der Waals surface area (Å²) in [5.74, 6) is -2.33. The molecule has 1 saturated heterocycles. The quantitative estimate of drug-likeness (QED) is 0.649. The summed E-state index contributed by atoms with van der Waals surface area (Å²) in [6, 6.07) is 5.82. The average molecular weight is 251 g/mol. The number of esters is 1. The second kappa shape index (κ2) is 5.16. The van der Waals surface area contributed by atoms with Crippen LogP contribution in [0.1, 0.15) is 18.4 Å². The fourth-order valence-corrected chi connectivity index (χ4v) is 2.14. The Balaban J connectivity index is 2.23. The highest BCUT2D eigenvalue weighted by molar-refractivity contribution is 6.00. The summed E-state index contributed by atoms with van der Waals surface area (Å²) in [4.78, 5) is 23.4. The van der Waals surface area contributed by atoms with Crippen molar-refractivity contribution in [1.82, 2.24) is 5.32 Å². The average Bonchev–Trinajstić information content (AvgIpc) is 2.72. The maximum atomic E-state index is 12.9. The Morgan fingerprint density at radius 3 is 2.72 bits per heavy atom. The molecule has 0 aromatic heterocycles. The van der Waals surface area contributed by atoms with Crippen LogP contribution in [-0.2, 0) is 14.3 Å². The van der Waals surface area contributed by atoms with E-state index in [0.29, 0.717) is 6.54 Å². The van der Waals surface area contributed by atoms with Crippen molar-refractivity contribution in [2.45, 2.75) is 12.8 Å². The molecular formula is C13H14FNO3. The molecule has 1 fully saturated rings. The van der Waals surface area contributed by atoms with Crippen molar-refractivity contribution < 1.29 is 18.7 Å². The van der Waals surface area contributed by atoms with Crippen LogP contribution in [0.2, 0.25) is 0 Å². The molecule has 1 aromatic rings. The third-order valence-electron chi connectivity index (χ3n) is 3.02. The number of carbonyl (C=O) groups excluding carboxylic acids is 2. The van der Waals surface area contributed by atoms with Gasteiger partial charge in [0.2, 0.25) is 5.91 Å². The molecule has 96 valence electrons. The van der Waals surface area contributed by atoms with E-state index >= 15 is 0 Å². The zero-order chi connectivity index (χ0) is 13.1. The van der Waals surface area contributed by atoms with E-state index in [4.69, 9.17) is 4.74 Å². The number of amides is 1. The van der Waals surface area contributed by atoms with Gasteiger partial charge in [-0.1, -0.05) is 12.1 Å². The van der Waals surface area contributed by atoms with Crippen molar-refractivity contribution in [3.8, 4) is 0 Å². The number of ether oxygens (including phenoxy) is 1. The summed E-state index contributed by atoms with van der Waals surface area (Å²) in [6.07, 6.45) is 0. The van der Waals surface area contributed by atoms with Gasteiger partial charge in [-0.2, -0.15) is 0 Å². The van der Waals surface area contributed by atoms with Gasteiger partial charge in [0.15, 0.2) is 0 Å². The number of hydrogen-bond acceptors (Lipinski definition) is 3. The second-order valence-electron chi connectivity index (χ2n) is 4.13. The number of rotatable bonds is 3.